The minimum absolute atomic E-state index is 0.0383. The Balaban J connectivity index is 2.19. The molecule has 3 rings (SSSR count). The molecule has 3 aromatic rings. The van der Waals surface area contributed by atoms with E-state index in [4.69, 9.17) is 11.6 Å². The number of benzene rings is 2. The Morgan fingerprint density at radius 3 is 2.58 bits per heavy atom. The van der Waals surface area contributed by atoms with Gasteiger partial charge in [-0.25, -0.2) is 0 Å². The van der Waals surface area contributed by atoms with Gasteiger partial charge < -0.3 is 14.8 Å². The van der Waals surface area contributed by atoms with E-state index >= 15 is 0 Å². The summed E-state index contributed by atoms with van der Waals surface area (Å²) in [5.74, 6) is 1.81. The normalized spacial score (nSPS) is 13.7. The lowest BCUT2D eigenvalue weighted by atomic mass is 10.1. The maximum absolute atomic E-state index is 13.0. The van der Waals surface area contributed by atoms with Gasteiger partial charge in [-0.05, 0) is 28.8 Å². The number of hydrogen-bond acceptors (Lipinski definition) is 7. The van der Waals surface area contributed by atoms with Crippen LogP contribution >= 0.6 is 11.6 Å². The molecule has 2 aromatic carbocycles. The third kappa shape index (κ3) is 4.45. The molecule has 12 heteroatoms. The van der Waals surface area contributed by atoms with Gasteiger partial charge in [0.2, 0.25) is 5.75 Å². The van der Waals surface area contributed by atoms with E-state index < -0.39 is 26.7 Å². The van der Waals surface area contributed by atoms with Crippen LogP contribution in [0.4, 0.5) is 11.4 Å². The van der Waals surface area contributed by atoms with Gasteiger partial charge in [-0.1, -0.05) is 37.1 Å². The van der Waals surface area contributed by atoms with Crippen molar-refractivity contribution in [2.24, 2.45) is 10.2 Å². The number of fused-ring (bicyclic) bond motifs is 1. The van der Waals surface area contributed by atoms with Gasteiger partial charge in [-0.15, -0.1) is 14.8 Å². The van der Waals surface area contributed by atoms with Crippen molar-refractivity contribution in [2.45, 2.75) is 31.2 Å². The zero-order valence-corrected chi connectivity index (χ0v) is 18.1. The summed E-state index contributed by atoms with van der Waals surface area (Å²) in [4.78, 5) is 12.5. The highest BCUT2D eigenvalue weighted by Gasteiger charge is 2.39. The molecule has 0 radical (unpaired) electrons. The molecule has 1 heterocycles. The zero-order chi connectivity index (χ0) is 22.8. The van der Waals surface area contributed by atoms with Crippen LogP contribution < -0.4 is 11.5 Å². The lowest BCUT2D eigenvalue weighted by Gasteiger charge is -2.12. The summed E-state index contributed by atoms with van der Waals surface area (Å²) in [6.07, 6.45) is 1.59. The van der Waals surface area contributed by atoms with E-state index in [9.17, 15) is 23.8 Å². The quantitative estimate of drug-likeness (QED) is 0.235. The van der Waals surface area contributed by atoms with Crippen molar-refractivity contribution in [3.63, 3.8) is 0 Å². The minimum Gasteiger partial charge on any atom is -0.505 e. The van der Waals surface area contributed by atoms with Gasteiger partial charge in [0.1, 0.15) is 5.69 Å². The number of aromatic hydroxyl groups is 2. The summed E-state index contributed by atoms with van der Waals surface area (Å²) in [6, 6.07) is 9.04. The molecule has 164 valence electrons. The van der Waals surface area contributed by atoms with Gasteiger partial charge in [-0.3, -0.25) is 4.79 Å². The fourth-order valence-electron chi connectivity index (χ4n) is 3.00. The number of quaternary nitrogens is 1. The van der Waals surface area contributed by atoms with Crippen molar-refractivity contribution in [3.05, 3.63) is 51.8 Å². The van der Waals surface area contributed by atoms with E-state index in [2.05, 4.69) is 20.4 Å². The predicted molar refractivity (Wildman–Crippen MR) is 115 cm³/mol. The Morgan fingerprint density at radius 2 is 1.90 bits per heavy atom. The molecule has 31 heavy (non-hydrogen) atoms. The molecule has 0 aliphatic carbocycles. The molecule has 6 N–H and O–H groups in total. The molecule has 1 atom stereocenters. The number of phenolic OH excluding ortho intramolecular Hbond substituents is 1. The van der Waals surface area contributed by atoms with Crippen molar-refractivity contribution >= 4 is 44.4 Å². The molecule has 0 spiro atoms. The largest absolute Gasteiger partial charge is 0.505 e. The fourth-order valence-corrected chi connectivity index (χ4v) is 4.03. The monoisotopic (exact) mass is 468 g/mol. The standard InChI is InChI=1S/C19H19ClN4O6S/c1-2-3-8-24-14-7-5-4-6-12(14)17(25)16(19(24)27)23-22-13-9-11(20)10-15(18(13)26)31(28,29)30-21/h4-7,9-10H,2-3,8H2,1,21H3,(H-2,22,23,25,26,27,28,29)/p+2. The smallest absolute Gasteiger partial charge is 0.448 e. The molecular weight excluding hydrogens is 448 g/mol. The molecule has 0 saturated carbocycles. The van der Waals surface area contributed by atoms with Crippen molar-refractivity contribution in [1.29, 1.82) is 0 Å². The van der Waals surface area contributed by atoms with Gasteiger partial charge >= 0.3 is 10.5 Å². The van der Waals surface area contributed by atoms with Gasteiger partial charge in [0.15, 0.2) is 11.4 Å². The zero-order valence-electron chi connectivity index (χ0n) is 16.5. The van der Waals surface area contributed by atoms with Crippen LogP contribution in [0, 0.1) is 0 Å². The first kappa shape index (κ1) is 22.8. The Morgan fingerprint density at radius 1 is 1.19 bits per heavy atom. The summed E-state index contributed by atoms with van der Waals surface area (Å²) in [5, 5.41) is 29.0. The third-order valence-corrected chi connectivity index (χ3v) is 5.98. The number of aryl methyl sites for hydroxylation is 1. The first-order valence-corrected chi connectivity index (χ1v) is 11.0. The van der Waals surface area contributed by atoms with Gasteiger partial charge in [0, 0.05) is 23.0 Å². The highest BCUT2D eigenvalue weighted by Crippen LogP contribution is 2.40. The number of para-hydroxylation sites is 1. The topological polar surface area (TPSA) is 161 Å². The molecule has 0 aliphatic rings. The maximum Gasteiger partial charge on any atom is 0.448 e. The van der Waals surface area contributed by atoms with E-state index in [-0.39, 0.29) is 22.1 Å². The second-order valence-corrected chi connectivity index (χ2v) is 8.65. The number of nitrogens with zero attached hydrogens (tertiary/aromatic N) is 3. The summed E-state index contributed by atoms with van der Waals surface area (Å²) >= 11 is 5.95. The van der Waals surface area contributed by atoms with Crippen molar-refractivity contribution in [2.75, 3.05) is 0 Å². The average molecular weight is 469 g/mol. The molecule has 0 bridgehead atoms. The first-order chi connectivity index (χ1) is 14.7. The SMILES string of the molecule is CCCCn1c(=O)c(N=Nc2cc(Cl)cc([S+](=O)(O)O[NH3+])c2O)c(O)c2ccccc21. The minimum atomic E-state index is -4.13. The fraction of sp³-hybridized carbons (Fsp3) is 0.211. The Bertz CT molecular complexity index is 1280. The summed E-state index contributed by atoms with van der Waals surface area (Å²) in [6.45, 7) is 2.40. The first-order valence-electron chi connectivity index (χ1n) is 9.20. The van der Waals surface area contributed by atoms with E-state index in [1.807, 2.05) is 6.92 Å². The lowest BCUT2D eigenvalue weighted by molar-refractivity contribution is -0.637. The van der Waals surface area contributed by atoms with Crippen LogP contribution in [0.3, 0.4) is 0 Å². The molecule has 0 amide bonds. The summed E-state index contributed by atoms with van der Waals surface area (Å²) in [5.41, 5.74) is -0.651. The summed E-state index contributed by atoms with van der Waals surface area (Å²) < 4.78 is 27.6. The lowest BCUT2D eigenvalue weighted by Crippen LogP contribution is -2.52. The van der Waals surface area contributed by atoms with Crippen LogP contribution in [-0.2, 0) is 25.5 Å². The van der Waals surface area contributed by atoms with E-state index in [0.29, 0.717) is 17.4 Å². The van der Waals surface area contributed by atoms with Crippen molar-refractivity contribution in [3.8, 4) is 11.5 Å². The van der Waals surface area contributed by atoms with Gasteiger partial charge in [0.25, 0.3) is 10.5 Å². The number of aromatic nitrogens is 1. The van der Waals surface area contributed by atoms with Gasteiger partial charge in [0.05, 0.1) is 9.80 Å². The van der Waals surface area contributed by atoms with Crippen LogP contribution in [0.25, 0.3) is 10.9 Å². The third-order valence-electron chi connectivity index (χ3n) is 4.57. The molecule has 1 unspecified atom stereocenters. The number of rotatable bonds is 7. The number of phenols is 1. The van der Waals surface area contributed by atoms with Crippen molar-refractivity contribution < 1.29 is 29.2 Å². The second kappa shape index (κ2) is 9.12. The molecule has 0 fully saturated rings. The Kier molecular flexibility index (Phi) is 6.72. The van der Waals surface area contributed by atoms with Crippen LogP contribution in [0.5, 0.6) is 11.5 Å². The molecule has 0 saturated heterocycles. The molecule has 1 aromatic heterocycles. The van der Waals surface area contributed by atoms with E-state index in [0.717, 1.165) is 18.9 Å². The summed E-state index contributed by atoms with van der Waals surface area (Å²) in [7, 11) is -4.13. The van der Waals surface area contributed by atoms with E-state index in [1.165, 1.54) is 10.6 Å². The number of hydrogen-bond donors (Lipinski definition) is 4. The number of pyridine rings is 1. The van der Waals surface area contributed by atoms with E-state index in [1.54, 1.807) is 24.3 Å². The highest BCUT2D eigenvalue weighted by molar-refractivity contribution is 7.93. The van der Waals surface area contributed by atoms with Gasteiger partial charge in [-0.2, -0.15) is 5.90 Å². The molecule has 10 nitrogen and oxygen atoms in total. The van der Waals surface area contributed by atoms with Crippen LogP contribution in [0.2, 0.25) is 5.02 Å². The molecular formula is C19H21ClN4O6S+2. The van der Waals surface area contributed by atoms with Crippen molar-refractivity contribution in [1.82, 2.24) is 4.57 Å². The molecule has 0 aliphatic heterocycles. The number of azo groups is 1. The van der Waals surface area contributed by atoms with Crippen LogP contribution in [0.1, 0.15) is 19.8 Å². The van der Waals surface area contributed by atoms with Crippen LogP contribution in [-0.4, -0.2) is 19.3 Å². The maximum atomic E-state index is 13.0. The Labute approximate surface area is 183 Å². The number of halogens is 1. The highest BCUT2D eigenvalue weighted by atomic mass is 35.5. The Hall–Kier alpha value is -2.83. The second-order valence-electron chi connectivity index (χ2n) is 6.59. The average Bonchev–Trinajstić information content (AvgIpc) is 2.75. The number of unbranched alkanes of at least 4 members (excludes halogenated alkanes) is 1. The van der Waals surface area contributed by atoms with Crippen LogP contribution in [0.15, 0.2) is 56.3 Å². The predicted octanol–water partition coefficient (Wildman–Crippen LogP) is 3.70.